The number of methoxy groups -OCH3 is 1. The molecule has 1 amide bonds. The maximum atomic E-state index is 13.5. The number of aryl methyl sites for hydroxylation is 1. The van der Waals surface area contributed by atoms with E-state index < -0.39 is 0 Å². The van der Waals surface area contributed by atoms with E-state index in [0.717, 1.165) is 39.5 Å². The molecule has 3 aromatic rings. The normalized spacial score (nSPS) is 19.5. The number of amides is 1. The second kappa shape index (κ2) is 8.15. The first-order valence-electron chi connectivity index (χ1n) is 10.2. The molecule has 0 aliphatic carbocycles. The summed E-state index contributed by atoms with van der Waals surface area (Å²) in [7, 11) is 1.66. The third-order valence-corrected chi connectivity index (χ3v) is 6.70. The van der Waals surface area contributed by atoms with Crippen molar-refractivity contribution in [3.8, 4) is 5.75 Å². The first kappa shape index (κ1) is 19.9. The summed E-state index contributed by atoms with van der Waals surface area (Å²) < 4.78 is 5.39. The topological polar surface area (TPSA) is 45.3 Å². The lowest BCUT2D eigenvalue weighted by Crippen LogP contribution is -2.42. The Morgan fingerprint density at radius 1 is 1.10 bits per heavy atom. The first-order valence-corrected chi connectivity index (χ1v) is 11.0. The lowest BCUT2D eigenvalue weighted by atomic mass is 9.92. The summed E-state index contributed by atoms with van der Waals surface area (Å²) in [5.41, 5.74) is 2.84. The lowest BCUT2D eigenvalue weighted by Gasteiger charge is -2.34. The number of fused-ring (bicyclic) bond motifs is 1. The summed E-state index contributed by atoms with van der Waals surface area (Å²) in [6.45, 7) is 8.18. The first-order chi connectivity index (χ1) is 13.9. The Labute approximate surface area is 176 Å². The predicted molar refractivity (Wildman–Crippen MR) is 119 cm³/mol. The Balaban J connectivity index is 1.76. The maximum absolute atomic E-state index is 13.5. The third-order valence-electron chi connectivity index (χ3n) is 5.57. The molecule has 152 valence electrons. The minimum Gasteiger partial charge on any atom is -0.497 e. The SMILES string of the molecule is COc1ccc2c(Sc3ccc(C)cc3)c(C(=O)N3C[C@H](C)C[C@@H](C)C3)[nH]c2c1. The van der Waals surface area contributed by atoms with Crippen LogP contribution in [0.4, 0.5) is 0 Å². The van der Waals surface area contributed by atoms with Crippen LogP contribution in [0.15, 0.2) is 52.3 Å². The molecule has 4 nitrogen and oxygen atoms in total. The van der Waals surface area contributed by atoms with Gasteiger partial charge in [-0.25, -0.2) is 0 Å². The summed E-state index contributed by atoms with van der Waals surface area (Å²) >= 11 is 1.65. The molecule has 1 aromatic heterocycles. The standard InChI is InChI=1S/C24H28N2O2S/c1-15-5-8-19(9-6-15)29-23-20-10-7-18(28-4)12-21(20)25-22(23)24(27)26-13-16(2)11-17(3)14-26/h5-10,12,16-17,25H,11,13-14H2,1-4H3/t16-,17-/m1/s1. The van der Waals surface area contributed by atoms with Gasteiger partial charge in [0.15, 0.2) is 0 Å². The molecule has 1 aliphatic heterocycles. The fourth-order valence-corrected chi connectivity index (χ4v) is 5.28. The van der Waals surface area contributed by atoms with Crippen LogP contribution >= 0.6 is 11.8 Å². The highest BCUT2D eigenvalue weighted by molar-refractivity contribution is 7.99. The van der Waals surface area contributed by atoms with E-state index in [2.05, 4.69) is 50.0 Å². The van der Waals surface area contributed by atoms with Crippen LogP contribution in [0.5, 0.6) is 5.75 Å². The van der Waals surface area contributed by atoms with Crippen molar-refractivity contribution >= 4 is 28.6 Å². The van der Waals surface area contributed by atoms with E-state index in [0.29, 0.717) is 17.5 Å². The van der Waals surface area contributed by atoms with Gasteiger partial charge in [0, 0.05) is 29.4 Å². The average Bonchev–Trinajstić information content (AvgIpc) is 3.05. The van der Waals surface area contributed by atoms with Crippen molar-refractivity contribution in [3.05, 3.63) is 53.7 Å². The molecule has 2 aromatic carbocycles. The number of H-pyrrole nitrogens is 1. The summed E-state index contributed by atoms with van der Waals surface area (Å²) in [4.78, 5) is 21.1. The van der Waals surface area contributed by atoms with Crippen molar-refractivity contribution in [1.82, 2.24) is 9.88 Å². The van der Waals surface area contributed by atoms with Crippen molar-refractivity contribution in [2.75, 3.05) is 20.2 Å². The molecule has 0 spiro atoms. The van der Waals surface area contributed by atoms with Crippen molar-refractivity contribution in [2.24, 2.45) is 11.8 Å². The summed E-state index contributed by atoms with van der Waals surface area (Å²) in [6.07, 6.45) is 1.18. The van der Waals surface area contributed by atoms with Gasteiger partial charge in [-0.2, -0.15) is 0 Å². The summed E-state index contributed by atoms with van der Waals surface area (Å²) in [5, 5.41) is 1.05. The van der Waals surface area contributed by atoms with Gasteiger partial charge in [0.1, 0.15) is 11.4 Å². The Morgan fingerprint density at radius 2 is 1.79 bits per heavy atom. The molecule has 0 bridgehead atoms. The van der Waals surface area contributed by atoms with E-state index in [-0.39, 0.29) is 5.91 Å². The van der Waals surface area contributed by atoms with E-state index in [4.69, 9.17) is 4.74 Å². The molecule has 2 atom stereocenters. The zero-order valence-corrected chi connectivity index (χ0v) is 18.3. The molecular weight excluding hydrogens is 380 g/mol. The monoisotopic (exact) mass is 408 g/mol. The molecule has 1 N–H and O–H groups in total. The van der Waals surface area contributed by atoms with E-state index in [9.17, 15) is 4.79 Å². The molecule has 1 fully saturated rings. The molecule has 29 heavy (non-hydrogen) atoms. The largest absolute Gasteiger partial charge is 0.497 e. The number of carbonyl (C=O) groups excluding carboxylic acids is 1. The summed E-state index contributed by atoms with van der Waals surface area (Å²) in [6, 6.07) is 14.4. The van der Waals surface area contributed by atoms with Crippen molar-refractivity contribution in [1.29, 1.82) is 0 Å². The van der Waals surface area contributed by atoms with E-state index in [1.165, 1.54) is 12.0 Å². The number of piperidine rings is 1. The van der Waals surface area contributed by atoms with Crippen LogP contribution in [0.3, 0.4) is 0 Å². The van der Waals surface area contributed by atoms with Crippen LogP contribution in [0.1, 0.15) is 36.3 Å². The minimum atomic E-state index is 0.0909. The number of hydrogen-bond acceptors (Lipinski definition) is 3. The van der Waals surface area contributed by atoms with Gasteiger partial charge < -0.3 is 14.6 Å². The van der Waals surface area contributed by atoms with Gasteiger partial charge in [0.2, 0.25) is 0 Å². The highest BCUT2D eigenvalue weighted by Crippen LogP contribution is 2.39. The van der Waals surface area contributed by atoms with Crippen LogP contribution in [0.25, 0.3) is 10.9 Å². The number of hydrogen-bond donors (Lipinski definition) is 1. The second-order valence-corrected chi connectivity index (χ2v) is 9.40. The van der Waals surface area contributed by atoms with E-state index in [1.807, 2.05) is 23.1 Å². The second-order valence-electron chi connectivity index (χ2n) is 8.31. The van der Waals surface area contributed by atoms with E-state index in [1.54, 1.807) is 18.9 Å². The number of ether oxygens (including phenoxy) is 1. The minimum absolute atomic E-state index is 0.0909. The summed E-state index contributed by atoms with van der Waals surface area (Å²) in [5.74, 6) is 1.93. The van der Waals surface area contributed by atoms with Gasteiger partial charge in [0.25, 0.3) is 5.91 Å². The van der Waals surface area contributed by atoms with E-state index >= 15 is 0 Å². The molecular formula is C24H28N2O2S. The highest BCUT2D eigenvalue weighted by Gasteiger charge is 2.29. The molecule has 0 unspecified atom stereocenters. The maximum Gasteiger partial charge on any atom is 0.271 e. The van der Waals surface area contributed by atoms with Gasteiger partial charge >= 0.3 is 0 Å². The Bertz CT molecular complexity index is 1020. The Hall–Kier alpha value is -2.40. The highest BCUT2D eigenvalue weighted by atomic mass is 32.2. The van der Waals surface area contributed by atoms with Gasteiger partial charge in [-0.15, -0.1) is 0 Å². The smallest absolute Gasteiger partial charge is 0.271 e. The van der Waals surface area contributed by atoms with Gasteiger partial charge in [0.05, 0.1) is 17.5 Å². The zero-order chi connectivity index (χ0) is 20.5. The van der Waals surface area contributed by atoms with Crippen molar-refractivity contribution in [2.45, 2.75) is 37.0 Å². The van der Waals surface area contributed by atoms with Crippen LogP contribution in [-0.2, 0) is 0 Å². The molecule has 0 saturated carbocycles. The fraction of sp³-hybridized carbons (Fsp3) is 0.375. The fourth-order valence-electron chi connectivity index (χ4n) is 4.25. The number of nitrogens with zero attached hydrogens (tertiary/aromatic N) is 1. The van der Waals surface area contributed by atoms with Crippen molar-refractivity contribution < 1.29 is 9.53 Å². The molecule has 5 heteroatoms. The number of benzene rings is 2. The quantitative estimate of drug-likeness (QED) is 0.597. The number of nitrogens with one attached hydrogen (secondary N) is 1. The average molecular weight is 409 g/mol. The van der Waals surface area contributed by atoms with Gasteiger partial charge in [-0.1, -0.05) is 43.3 Å². The van der Waals surface area contributed by atoms with Crippen LogP contribution in [-0.4, -0.2) is 36.0 Å². The lowest BCUT2D eigenvalue weighted by molar-refractivity contribution is 0.0614. The number of rotatable bonds is 4. The molecule has 1 saturated heterocycles. The predicted octanol–water partition coefficient (Wildman–Crippen LogP) is 5.75. The van der Waals surface area contributed by atoms with Gasteiger partial charge in [-0.05, 0) is 49.4 Å². The van der Waals surface area contributed by atoms with Gasteiger partial charge in [-0.3, -0.25) is 4.79 Å². The van der Waals surface area contributed by atoms with Crippen LogP contribution in [0, 0.1) is 18.8 Å². The Kier molecular flexibility index (Phi) is 5.59. The molecule has 1 aliphatic rings. The molecule has 4 rings (SSSR count). The number of aromatic nitrogens is 1. The van der Waals surface area contributed by atoms with Crippen LogP contribution < -0.4 is 4.74 Å². The van der Waals surface area contributed by atoms with Crippen molar-refractivity contribution in [3.63, 3.8) is 0 Å². The number of aromatic amines is 1. The third kappa shape index (κ3) is 4.15. The van der Waals surface area contributed by atoms with Crippen LogP contribution in [0.2, 0.25) is 0 Å². The zero-order valence-electron chi connectivity index (χ0n) is 17.5. The Morgan fingerprint density at radius 3 is 2.45 bits per heavy atom. The molecule has 2 heterocycles. The molecule has 0 radical (unpaired) electrons. The number of carbonyl (C=O) groups is 1. The number of likely N-dealkylation sites (tertiary alicyclic amines) is 1.